The van der Waals surface area contributed by atoms with Gasteiger partial charge >= 0.3 is 0 Å². The highest BCUT2D eigenvalue weighted by molar-refractivity contribution is 5.83. The van der Waals surface area contributed by atoms with Crippen LogP contribution in [-0.2, 0) is 14.3 Å². The van der Waals surface area contributed by atoms with Crippen molar-refractivity contribution in [2.75, 3.05) is 13.2 Å². The van der Waals surface area contributed by atoms with Crippen molar-refractivity contribution in [2.45, 2.75) is 38.3 Å². The molecule has 0 unspecified atom stereocenters. The van der Waals surface area contributed by atoms with Crippen LogP contribution in [0.2, 0.25) is 0 Å². The minimum Gasteiger partial charge on any atom is -0.378 e. The highest BCUT2D eigenvalue weighted by Gasteiger charge is 2.42. The Hall–Kier alpha value is -1.68. The van der Waals surface area contributed by atoms with E-state index >= 15 is 0 Å². The summed E-state index contributed by atoms with van der Waals surface area (Å²) in [4.78, 5) is 26.2. The zero-order chi connectivity index (χ0) is 14.8. The molecule has 4 heteroatoms. The lowest BCUT2D eigenvalue weighted by atomic mass is 9.88. The summed E-state index contributed by atoms with van der Waals surface area (Å²) in [6.45, 7) is 2.62. The lowest BCUT2D eigenvalue weighted by Crippen LogP contribution is -2.50. The van der Waals surface area contributed by atoms with Gasteiger partial charge in [0.05, 0.1) is 25.2 Å². The predicted octanol–water partition coefficient (Wildman–Crippen LogP) is 2.34. The summed E-state index contributed by atoms with van der Waals surface area (Å²) in [5, 5.41) is 0. The molecule has 0 aliphatic carbocycles. The molecule has 4 nitrogen and oxygen atoms in total. The van der Waals surface area contributed by atoms with Crippen LogP contribution < -0.4 is 0 Å². The van der Waals surface area contributed by atoms with Gasteiger partial charge in [0.2, 0.25) is 5.91 Å². The van der Waals surface area contributed by atoms with Gasteiger partial charge in [0.25, 0.3) is 0 Å². The van der Waals surface area contributed by atoms with E-state index in [2.05, 4.69) is 0 Å². The van der Waals surface area contributed by atoms with Gasteiger partial charge in [-0.05, 0) is 25.3 Å². The van der Waals surface area contributed by atoms with E-state index in [9.17, 15) is 9.59 Å². The van der Waals surface area contributed by atoms with Crippen molar-refractivity contribution < 1.29 is 14.3 Å². The van der Waals surface area contributed by atoms with Crippen LogP contribution in [0.25, 0.3) is 0 Å². The maximum atomic E-state index is 12.7. The first-order valence-corrected chi connectivity index (χ1v) is 7.61. The van der Waals surface area contributed by atoms with Gasteiger partial charge in [0.1, 0.15) is 5.78 Å². The molecule has 2 fully saturated rings. The summed E-state index contributed by atoms with van der Waals surface area (Å²) < 4.78 is 5.75. The van der Waals surface area contributed by atoms with E-state index in [4.69, 9.17) is 4.74 Å². The highest BCUT2D eigenvalue weighted by atomic mass is 16.5. The normalized spacial score (nSPS) is 29.1. The van der Waals surface area contributed by atoms with Gasteiger partial charge in [-0.2, -0.15) is 0 Å². The van der Waals surface area contributed by atoms with Crippen molar-refractivity contribution in [2.24, 2.45) is 5.92 Å². The largest absolute Gasteiger partial charge is 0.378 e. The number of nitrogens with zero attached hydrogens (tertiary/aromatic N) is 1. The second-order valence-corrected chi connectivity index (χ2v) is 6.04. The monoisotopic (exact) mass is 287 g/mol. The summed E-state index contributed by atoms with van der Waals surface area (Å²) in [7, 11) is 0. The SMILES string of the molecule is CC(=O)C[C@H]1CC[C@H]2COC[C@@H](c3ccccc3)N1C2=O. The number of benzene rings is 1. The van der Waals surface area contributed by atoms with Crippen LogP contribution >= 0.6 is 0 Å². The number of piperidine rings is 1. The molecule has 2 aliphatic heterocycles. The smallest absolute Gasteiger partial charge is 0.228 e. The highest BCUT2D eigenvalue weighted by Crippen LogP contribution is 2.36. The van der Waals surface area contributed by atoms with E-state index in [-0.39, 0.29) is 29.7 Å². The molecule has 3 atom stereocenters. The topological polar surface area (TPSA) is 46.6 Å². The fourth-order valence-corrected chi connectivity index (χ4v) is 3.48. The average molecular weight is 287 g/mol. The fraction of sp³-hybridized carbons (Fsp3) is 0.529. The lowest BCUT2D eigenvalue weighted by molar-refractivity contribution is -0.144. The molecule has 112 valence electrons. The molecule has 2 saturated heterocycles. The molecule has 0 radical (unpaired) electrons. The quantitative estimate of drug-likeness (QED) is 0.857. The second-order valence-electron chi connectivity index (χ2n) is 6.04. The van der Waals surface area contributed by atoms with Crippen LogP contribution in [0.4, 0.5) is 0 Å². The van der Waals surface area contributed by atoms with Crippen molar-refractivity contribution >= 4 is 11.7 Å². The zero-order valence-electron chi connectivity index (χ0n) is 12.3. The Labute approximate surface area is 125 Å². The van der Waals surface area contributed by atoms with Crippen LogP contribution in [0.1, 0.15) is 37.8 Å². The third-order valence-electron chi connectivity index (χ3n) is 4.48. The van der Waals surface area contributed by atoms with Crippen LogP contribution in [0.15, 0.2) is 30.3 Å². The van der Waals surface area contributed by atoms with Gasteiger partial charge in [0.15, 0.2) is 0 Å². The van der Waals surface area contributed by atoms with E-state index in [1.807, 2.05) is 35.2 Å². The third kappa shape index (κ3) is 2.86. The van der Waals surface area contributed by atoms with Crippen LogP contribution in [0, 0.1) is 5.92 Å². The number of hydrogen-bond donors (Lipinski definition) is 0. The van der Waals surface area contributed by atoms with E-state index in [1.54, 1.807) is 6.92 Å². The predicted molar refractivity (Wildman–Crippen MR) is 78.7 cm³/mol. The lowest BCUT2D eigenvalue weighted by Gasteiger charge is -2.41. The first-order chi connectivity index (χ1) is 10.2. The van der Waals surface area contributed by atoms with Gasteiger partial charge in [-0.15, -0.1) is 0 Å². The van der Waals surface area contributed by atoms with Crippen LogP contribution in [-0.4, -0.2) is 35.8 Å². The number of ether oxygens (including phenoxy) is 1. The Morgan fingerprint density at radius 2 is 2.00 bits per heavy atom. The Bertz CT molecular complexity index is 528. The van der Waals surface area contributed by atoms with Crippen molar-refractivity contribution in [3.05, 3.63) is 35.9 Å². The molecule has 1 aromatic carbocycles. The molecule has 0 saturated carbocycles. The first kappa shape index (κ1) is 14.3. The average Bonchev–Trinajstić information content (AvgIpc) is 2.57. The van der Waals surface area contributed by atoms with Crippen molar-refractivity contribution in [3.63, 3.8) is 0 Å². The minimum atomic E-state index is -0.0756. The molecule has 3 rings (SSSR count). The summed E-state index contributed by atoms with van der Waals surface area (Å²) in [5.74, 6) is 0.254. The molecule has 2 heterocycles. The minimum absolute atomic E-state index is 0.0122. The summed E-state index contributed by atoms with van der Waals surface area (Å²) in [6.07, 6.45) is 2.17. The maximum Gasteiger partial charge on any atom is 0.228 e. The van der Waals surface area contributed by atoms with Gasteiger partial charge in [-0.25, -0.2) is 0 Å². The molecule has 2 aliphatic rings. The summed E-state index contributed by atoms with van der Waals surface area (Å²) in [5.41, 5.74) is 1.09. The Morgan fingerprint density at radius 1 is 1.24 bits per heavy atom. The molecule has 21 heavy (non-hydrogen) atoms. The van der Waals surface area contributed by atoms with Crippen molar-refractivity contribution in [3.8, 4) is 0 Å². The molecule has 2 bridgehead atoms. The maximum absolute atomic E-state index is 12.7. The van der Waals surface area contributed by atoms with Crippen molar-refractivity contribution in [1.82, 2.24) is 4.90 Å². The van der Waals surface area contributed by atoms with Crippen LogP contribution in [0.3, 0.4) is 0 Å². The van der Waals surface area contributed by atoms with E-state index in [1.165, 1.54) is 0 Å². The number of fused-ring (bicyclic) bond motifs is 2. The number of ketones is 1. The fourth-order valence-electron chi connectivity index (χ4n) is 3.48. The van der Waals surface area contributed by atoms with Gasteiger partial charge in [-0.1, -0.05) is 30.3 Å². The first-order valence-electron chi connectivity index (χ1n) is 7.61. The van der Waals surface area contributed by atoms with Gasteiger partial charge in [-0.3, -0.25) is 9.59 Å². The zero-order valence-corrected chi connectivity index (χ0v) is 12.3. The number of Topliss-reactive ketones (excluding diaryl/α,β-unsaturated/α-hetero) is 1. The molecule has 0 aromatic heterocycles. The molecular weight excluding hydrogens is 266 g/mol. The molecular formula is C17H21NO3. The standard InChI is InChI=1S/C17H21NO3/c1-12(19)9-15-8-7-14-10-21-11-16(18(15)17(14)20)13-5-3-2-4-6-13/h2-6,14-16H,7-11H2,1H3/t14-,15+,16-/m0/s1. The van der Waals surface area contributed by atoms with Gasteiger partial charge < -0.3 is 9.64 Å². The number of amides is 1. The Balaban J connectivity index is 1.94. The molecule has 0 spiro atoms. The molecule has 0 N–H and O–H groups in total. The summed E-state index contributed by atoms with van der Waals surface area (Å²) >= 11 is 0. The number of hydrogen-bond acceptors (Lipinski definition) is 3. The molecule has 1 amide bonds. The van der Waals surface area contributed by atoms with E-state index in [0.717, 1.165) is 18.4 Å². The number of rotatable bonds is 3. The van der Waals surface area contributed by atoms with E-state index < -0.39 is 0 Å². The summed E-state index contributed by atoms with van der Waals surface area (Å²) in [6, 6.07) is 9.92. The van der Waals surface area contributed by atoms with Crippen LogP contribution in [0.5, 0.6) is 0 Å². The van der Waals surface area contributed by atoms with Crippen molar-refractivity contribution in [1.29, 1.82) is 0 Å². The van der Waals surface area contributed by atoms with E-state index in [0.29, 0.717) is 19.6 Å². The molecule has 1 aromatic rings. The Kier molecular flexibility index (Phi) is 4.06. The number of carbonyl (C=O) groups is 2. The number of carbonyl (C=O) groups excluding carboxylic acids is 2. The second kappa shape index (κ2) is 5.98. The third-order valence-corrected chi connectivity index (χ3v) is 4.48. The Morgan fingerprint density at radius 3 is 2.71 bits per heavy atom. The van der Waals surface area contributed by atoms with Gasteiger partial charge in [0, 0.05) is 12.5 Å².